The lowest BCUT2D eigenvalue weighted by atomic mass is 9.75. The second-order valence-corrected chi connectivity index (χ2v) is 12.7. The molecule has 238 valence electrons. The molecule has 48 heavy (non-hydrogen) atoms. The molecule has 0 radical (unpaired) electrons. The van der Waals surface area contributed by atoms with Gasteiger partial charge in [0.05, 0.1) is 11.5 Å². The van der Waals surface area contributed by atoms with E-state index in [1.165, 1.54) is 16.7 Å². The first kappa shape index (κ1) is 31.4. The van der Waals surface area contributed by atoms with Crippen LogP contribution in [0.25, 0.3) is 0 Å². The Morgan fingerprint density at radius 3 is 1.04 bits per heavy atom. The summed E-state index contributed by atoms with van der Waals surface area (Å²) < 4.78 is 6.82. The standard InChI is InChI=1S/C45H41NO2/c47-43(48-45(39-25-13-4-14-26-39,40-27-15-5-16-28-40)41-29-17-6-18-30-41)35-31-33-42(34-32-35)46-44(36-19-7-1-8-20-36,37-21-9-2-10-22-37)38-23-11-3-12-24-38/h1-30,35,42,46H,31-34H2. The molecule has 0 heterocycles. The highest BCUT2D eigenvalue weighted by molar-refractivity contribution is 5.74. The highest BCUT2D eigenvalue weighted by Crippen LogP contribution is 2.43. The molecule has 1 fully saturated rings. The van der Waals surface area contributed by atoms with E-state index in [-0.39, 0.29) is 17.9 Å². The second-order valence-electron chi connectivity index (χ2n) is 12.7. The van der Waals surface area contributed by atoms with E-state index in [1.54, 1.807) is 0 Å². The first-order valence-electron chi connectivity index (χ1n) is 17.0. The fourth-order valence-corrected chi connectivity index (χ4v) is 7.52. The number of rotatable bonds is 10. The van der Waals surface area contributed by atoms with Gasteiger partial charge in [0, 0.05) is 22.7 Å². The van der Waals surface area contributed by atoms with Crippen molar-refractivity contribution in [2.24, 2.45) is 5.92 Å². The first-order valence-corrected chi connectivity index (χ1v) is 17.0. The number of ether oxygens (including phenoxy) is 1. The highest BCUT2D eigenvalue weighted by Gasteiger charge is 2.44. The Morgan fingerprint density at radius 2 is 0.729 bits per heavy atom. The van der Waals surface area contributed by atoms with Gasteiger partial charge in [0.25, 0.3) is 0 Å². The summed E-state index contributed by atoms with van der Waals surface area (Å²) in [5, 5.41) is 4.15. The number of nitrogens with one attached hydrogen (secondary N) is 1. The zero-order valence-corrected chi connectivity index (χ0v) is 27.1. The first-order chi connectivity index (χ1) is 23.7. The Kier molecular flexibility index (Phi) is 9.31. The lowest BCUT2D eigenvalue weighted by Gasteiger charge is -2.42. The van der Waals surface area contributed by atoms with Crippen LogP contribution >= 0.6 is 0 Å². The second kappa shape index (κ2) is 14.3. The van der Waals surface area contributed by atoms with Crippen LogP contribution in [0.5, 0.6) is 0 Å². The summed E-state index contributed by atoms with van der Waals surface area (Å²) in [6, 6.07) is 62.8. The molecule has 0 bridgehead atoms. The Hall–Kier alpha value is -5.25. The minimum Gasteiger partial charge on any atom is -0.444 e. The number of carbonyl (C=O) groups is 1. The van der Waals surface area contributed by atoms with Crippen molar-refractivity contribution in [3.05, 3.63) is 215 Å². The summed E-state index contributed by atoms with van der Waals surface area (Å²) in [6.07, 6.45) is 3.23. The maximum atomic E-state index is 14.3. The van der Waals surface area contributed by atoms with Crippen molar-refractivity contribution < 1.29 is 9.53 Å². The van der Waals surface area contributed by atoms with Gasteiger partial charge in [-0.05, 0) is 42.4 Å². The molecular formula is C45H41NO2. The molecular weight excluding hydrogens is 587 g/mol. The molecule has 6 aromatic carbocycles. The summed E-state index contributed by atoms with van der Waals surface area (Å²) in [4.78, 5) is 14.3. The SMILES string of the molecule is O=C(OC(c1ccccc1)(c1ccccc1)c1ccccc1)C1CCC(NC(c2ccccc2)(c2ccccc2)c2ccccc2)CC1. The van der Waals surface area contributed by atoms with Gasteiger partial charge in [-0.25, -0.2) is 0 Å². The van der Waals surface area contributed by atoms with Gasteiger partial charge >= 0.3 is 5.97 Å². The van der Waals surface area contributed by atoms with Crippen LogP contribution in [-0.4, -0.2) is 12.0 Å². The summed E-state index contributed by atoms with van der Waals surface area (Å²) >= 11 is 0. The van der Waals surface area contributed by atoms with E-state index < -0.39 is 11.1 Å². The average molecular weight is 628 g/mol. The van der Waals surface area contributed by atoms with Gasteiger partial charge in [0.2, 0.25) is 0 Å². The molecule has 1 saturated carbocycles. The molecule has 3 nitrogen and oxygen atoms in total. The molecule has 0 spiro atoms. The summed E-state index contributed by atoms with van der Waals surface area (Å²) in [6.45, 7) is 0. The molecule has 0 saturated heterocycles. The van der Waals surface area contributed by atoms with Crippen molar-refractivity contribution in [2.45, 2.75) is 42.9 Å². The summed E-state index contributed by atoms with van der Waals surface area (Å²) in [7, 11) is 0. The maximum Gasteiger partial charge on any atom is 0.310 e. The van der Waals surface area contributed by atoms with E-state index in [9.17, 15) is 4.79 Å². The van der Waals surface area contributed by atoms with Crippen molar-refractivity contribution in [3.63, 3.8) is 0 Å². The van der Waals surface area contributed by atoms with Crippen LogP contribution < -0.4 is 5.32 Å². The fraction of sp³-hybridized carbons (Fsp3) is 0.178. The molecule has 0 amide bonds. The van der Waals surface area contributed by atoms with Crippen molar-refractivity contribution in [2.75, 3.05) is 0 Å². The molecule has 0 atom stereocenters. The van der Waals surface area contributed by atoms with Crippen LogP contribution in [0, 0.1) is 5.92 Å². The number of benzene rings is 6. The molecule has 3 heteroatoms. The third-order valence-electron chi connectivity index (χ3n) is 9.90. The molecule has 1 N–H and O–H groups in total. The van der Waals surface area contributed by atoms with Crippen LogP contribution in [-0.2, 0) is 20.7 Å². The quantitative estimate of drug-likeness (QED) is 0.121. The van der Waals surface area contributed by atoms with E-state index in [0.717, 1.165) is 42.4 Å². The van der Waals surface area contributed by atoms with Gasteiger partial charge in [0.15, 0.2) is 5.60 Å². The van der Waals surface area contributed by atoms with Gasteiger partial charge in [0.1, 0.15) is 0 Å². The number of hydrogen-bond acceptors (Lipinski definition) is 3. The van der Waals surface area contributed by atoms with Crippen LogP contribution in [0.15, 0.2) is 182 Å². The number of carbonyl (C=O) groups excluding carboxylic acids is 1. The largest absolute Gasteiger partial charge is 0.444 e. The lowest BCUT2D eigenvalue weighted by molar-refractivity contribution is -0.160. The highest BCUT2D eigenvalue weighted by atomic mass is 16.6. The maximum absolute atomic E-state index is 14.3. The lowest BCUT2D eigenvalue weighted by Crippen LogP contribution is -2.51. The van der Waals surface area contributed by atoms with E-state index in [2.05, 4.69) is 133 Å². The Balaban J connectivity index is 1.18. The molecule has 0 unspecified atom stereocenters. The van der Waals surface area contributed by atoms with Crippen molar-refractivity contribution in [1.82, 2.24) is 5.32 Å². The average Bonchev–Trinajstić information content (AvgIpc) is 3.18. The summed E-state index contributed by atoms with van der Waals surface area (Å²) in [5.74, 6) is -0.344. The summed E-state index contributed by atoms with van der Waals surface area (Å²) in [5.41, 5.74) is 4.80. The van der Waals surface area contributed by atoms with Crippen LogP contribution in [0.3, 0.4) is 0 Å². The van der Waals surface area contributed by atoms with E-state index in [0.29, 0.717) is 0 Å². The monoisotopic (exact) mass is 627 g/mol. The van der Waals surface area contributed by atoms with Crippen LogP contribution in [0.4, 0.5) is 0 Å². The number of hydrogen-bond donors (Lipinski definition) is 1. The Labute approximate surface area is 284 Å². The van der Waals surface area contributed by atoms with Crippen molar-refractivity contribution >= 4 is 5.97 Å². The zero-order valence-electron chi connectivity index (χ0n) is 27.1. The number of esters is 1. The van der Waals surface area contributed by atoms with E-state index in [1.807, 2.05) is 54.6 Å². The van der Waals surface area contributed by atoms with Crippen molar-refractivity contribution in [3.8, 4) is 0 Å². The van der Waals surface area contributed by atoms with Crippen LogP contribution in [0.1, 0.15) is 59.1 Å². The van der Waals surface area contributed by atoms with Gasteiger partial charge in [-0.2, -0.15) is 0 Å². The Morgan fingerprint density at radius 1 is 0.438 bits per heavy atom. The van der Waals surface area contributed by atoms with Gasteiger partial charge in [-0.3, -0.25) is 10.1 Å². The minimum absolute atomic E-state index is 0.148. The van der Waals surface area contributed by atoms with Gasteiger partial charge in [-0.1, -0.05) is 182 Å². The van der Waals surface area contributed by atoms with Crippen molar-refractivity contribution in [1.29, 1.82) is 0 Å². The Bertz CT molecular complexity index is 1680. The zero-order chi connectivity index (χ0) is 32.7. The minimum atomic E-state index is -1.06. The molecule has 1 aliphatic carbocycles. The molecule has 7 rings (SSSR count). The molecule has 6 aromatic rings. The third-order valence-corrected chi connectivity index (χ3v) is 9.90. The van der Waals surface area contributed by atoms with E-state index >= 15 is 0 Å². The normalized spacial score (nSPS) is 16.6. The predicted molar refractivity (Wildman–Crippen MR) is 193 cm³/mol. The predicted octanol–water partition coefficient (Wildman–Crippen LogP) is 9.66. The smallest absolute Gasteiger partial charge is 0.310 e. The fourth-order valence-electron chi connectivity index (χ4n) is 7.52. The molecule has 0 aliphatic heterocycles. The topological polar surface area (TPSA) is 38.3 Å². The third kappa shape index (κ3) is 6.10. The molecule has 1 aliphatic rings. The van der Waals surface area contributed by atoms with Gasteiger partial charge in [-0.15, -0.1) is 0 Å². The molecule has 0 aromatic heterocycles. The van der Waals surface area contributed by atoms with Crippen LogP contribution in [0.2, 0.25) is 0 Å². The van der Waals surface area contributed by atoms with Gasteiger partial charge < -0.3 is 4.74 Å². The van der Waals surface area contributed by atoms with E-state index in [4.69, 9.17) is 4.74 Å².